The van der Waals surface area contributed by atoms with Gasteiger partial charge in [-0.3, -0.25) is 19.3 Å². The number of carbonyl (C=O) groups excluding carboxylic acids is 3. The fourth-order valence-corrected chi connectivity index (χ4v) is 3.46. The first-order valence-corrected chi connectivity index (χ1v) is 9.17. The highest BCUT2D eigenvalue weighted by Crippen LogP contribution is 2.32. The van der Waals surface area contributed by atoms with Crippen LogP contribution >= 0.6 is 11.8 Å². The van der Waals surface area contributed by atoms with Crippen LogP contribution in [0.15, 0.2) is 29.2 Å². The molecule has 1 aromatic carbocycles. The Kier molecular flexibility index (Phi) is 6.16. The lowest BCUT2D eigenvalue weighted by molar-refractivity contribution is -0.139. The Morgan fingerprint density at radius 1 is 1.26 bits per heavy atom. The molecular formula is C19H18N2O5S. The second kappa shape index (κ2) is 8.75. The fraction of sp³-hybridized carbons (Fsp3) is 0.316. The highest BCUT2D eigenvalue weighted by atomic mass is 32.2. The van der Waals surface area contributed by atoms with Crippen LogP contribution < -0.4 is 4.74 Å². The van der Waals surface area contributed by atoms with Gasteiger partial charge in [-0.1, -0.05) is 18.1 Å². The zero-order valence-electron chi connectivity index (χ0n) is 14.6. The third kappa shape index (κ3) is 4.70. The number of rotatable bonds is 5. The van der Waals surface area contributed by atoms with E-state index in [1.807, 2.05) is 0 Å². The average molecular weight is 386 g/mol. The molecule has 0 unspecified atom stereocenters. The molecule has 2 fully saturated rings. The van der Waals surface area contributed by atoms with Crippen molar-refractivity contribution >= 4 is 34.9 Å². The van der Waals surface area contributed by atoms with Crippen LogP contribution in [0, 0.1) is 12.3 Å². The molecular weight excluding hydrogens is 368 g/mol. The van der Waals surface area contributed by atoms with Gasteiger partial charge in [0.05, 0.1) is 18.1 Å². The van der Waals surface area contributed by atoms with Gasteiger partial charge in [0, 0.05) is 13.1 Å². The number of thioether (sulfide) groups is 1. The molecule has 0 spiro atoms. The van der Waals surface area contributed by atoms with Gasteiger partial charge in [-0.05, 0) is 35.5 Å². The molecule has 27 heavy (non-hydrogen) atoms. The van der Waals surface area contributed by atoms with Crippen molar-refractivity contribution in [3.8, 4) is 18.1 Å². The predicted octanol–water partition coefficient (Wildman–Crippen LogP) is 1.59. The Bertz CT molecular complexity index is 806. The van der Waals surface area contributed by atoms with E-state index in [0.29, 0.717) is 32.1 Å². The summed E-state index contributed by atoms with van der Waals surface area (Å²) in [7, 11) is 0. The normalized spacial score (nSPS) is 18.7. The smallest absolute Gasteiger partial charge is 0.294 e. The first kappa shape index (κ1) is 19.0. The average Bonchev–Trinajstić information content (AvgIpc) is 2.95. The minimum absolute atomic E-state index is 0.176. The zero-order chi connectivity index (χ0) is 19.2. The van der Waals surface area contributed by atoms with E-state index in [1.165, 1.54) is 0 Å². The molecule has 7 nitrogen and oxygen atoms in total. The van der Waals surface area contributed by atoms with Crippen LogP contribution in [-0.4, -0.2) is 66.3 Å². The lowest BCUT2D eigenvalue weighted by Crippen LogP contribution is -2.46. The highest BCUT2D eigenvalue weighted by molar-refractivity contribution is 8.18. The van der Waals surface area contributed by atoms with E-state index in [0.717, 1.165) is 22.2 Å². The summed E-state index contributed by atoms with van der Waals surface area (Å²) in [4.78, 5) is 39.9. The topological polar surface area (TPSA) is 76.2 Å². The molecule has 3 rings (SSSR count). The van der Waals surface area contributed by atoms with E-state index in [2.05, 4.69) is 5.92 Å². The van der Waals surface area contributed by atoms with Crippen molar-refractivity contribution in [2.24, 2.45) is 0 Å². The summed E-state index contributed by atoms with van der Waals surface area (Å²) >= 11 is 0.829. The Morgan fingerprint density at radius 3 is 2.63 bits per heavy atom. The zero-order valence-corrected chi connectivity index (χ0v) is 15.4. The molecule has 0 bridgehead atoms. The molecule has 0 aromatic heterocycles. The van der Waals surface area contributed by atoms with Gasteiger partial charge in [0.15, 0.2) is 0 Å². The van der Waals surface area contributed by atoms with Crippen LogP contribution in [0.25, 0.3) is 6.08 Å². The number of carbonyl (C=O) groups is 3. The largest absolute Gasteiger partial charge is 0.481 e. The van der Waals surface area contributed by atoms with E-state index in [9.17, 15) is 14.4 Å². The third-order valence-electron chi connectivity index (χ3n) is 4.03. The van der Waals surface area contributed by atoms with Gasteiger partial charge in [-0.2, -0.15) is 0 Å². The minimum Gasteiger partial charge on any atom is -0.481 e. The third-order valence-corrected chi connectivity index (χ3v) is 4.94. The number of amides is 3. The summed E-state index contributed by atoms with van der Waals surface area (Å²) in [5, 5.41) is -0.443. The number of hydrogen-bond donors (Lipinski definition) is 0. The van der Waals surface area contributed by atoms with Crippen molar-refractivity contribution in [3.63, 3.8) is 0 Å². The molecule has 0 atom stereocenters. The molecule has 2 aliphatic heterocycles. The lowest BCUT2D eigenvalue weighted by atomic mass is 10.2. The molecule has 2 aliphatic rings. The second-order valence-corrected chi connectivity index (χ2v) is 6.82. The Balaban J connectivity index is 1.65. The van der Waals surface area contributed by atoms with Crippen molar-refractivity contribution in [3.05, 3.63) is 34.7 Å². The maximum Gasteiger partial charge on any atom is 0.294 e. The van der Waals surface area contributed by atoms with Crippen molar-refractivity contribution in [2.45, 2.75) is 0 Å². The van der Waals surface area contributed by atoms with Gasteiger partial charge in [0.25, 0.3) is 11.1 Å². The quantitative estimate of drug-likeness (QED) is 0.565. The van der Waals surface area contributed by atoms with Gasteiger partial charge >= 0.3 is 0 Å². The Labute approximate surface area is 161 Å². The first-order valence-electron chi connectivity index (χ1n) is 8.35. The lowest BCUT2D eigenvalue weighted by Gasteiger charge is -2.28. The van der Waals surface area contributed by atoms with Gasteiger partial charge in [-0.15, -0.1) is 6.42 Å². The molecule has 2 heterocycles. The molecule has 0 N–H and O–H groups in total. The number of hydrogen-bond acceptors (Lipinski definition) is 6. The van der Waals surface area contributed by atoms with E-state index < -0.39 is 11.1 Å². The minimum atomic E-state index is -0.459. The maximum absolute atomic E-state index is 12.5. The molecule has 1 aromatic rings. The maximum atomic E-state index is 12.5. The standard InChI is InChI=1S/C19H18N2O5S/c1-2-9-26-15-5-3-14(4-6-15)12-16-18(23)21(19(24)27-16)13-17(22)20-7-10-25-11-8-20/h1,3-6,12H,7-11,13H2/b16-12+. The molecule has 0 radical (unpaired) electrons. The number of nitrogens with zero attached hydrogens (tertiary/aromatic N) is 2. The summed E-state index contributed by atoms with van der Waals surface area (Å²) in [6.45, 7) is 1.80. The number of morpholine rings is 1. The molecule has 0 saturated carbocycles. The first-order chi connectivity index (χ1) is 13.1. The number of imide groups is 1. The molecule has 0 aliphatic carbocycles. The highest BCUT2D eigenvalue weighted by Gasteiger charge is 2.37. The van der Waals surface area contributed by atoms with Crippen molar-refractivity contribution in [2.75, 3.05) is 39.5 Å². The van der Waals surface area contributed by atoms with Crippen molar-refractivity contribution in [1.82, 2.24) is 9.80 Å². The van der Waals surface area contributed by atoms with Crippen LogP contribution in [0.4, 0.5) is 4.79 Å². The fourth-order valence-electron chi connectivity index (χ4n) is 2.62. The predicted molar refractivity (Wildman–Crippen MR) is 101 cm³/mol. The summed E-state index contributed by atoms with van der Waals surface area (Å²) in [6, 6.07) is 6.99. The second-order valence-electron chi connectivity index (χ2n) is 5.82. The SMILES string of the molecule is C#CCOc1ccc(/C=C2/SC(=O)N(CC(=O)N3CCOCC3)C2=O)cc1. The Morgan fingerprint density at radius 2 is 1.96 bits per heavy atom. The van der Waals surface area contributed by atoms with E-state index in [4.69, 9.17) is 15.9 Å². The number of benzene rings is 1. The van der Waals surface area contributed by atoms with Crippen LogP contribution in [0.5, 0.6) is 5.75 Å². The molecule has 140 valence electrons. The van der Waals surface area contributed by atoms with Gasteiger partial charge in [0.1, 0.15) is 18.9 Å². The molecule has 2 saturated heterocycles. The summed E-state index contributed by atoms with van der Waals surface area (Å²) in [5.74, 6) is 2.29. The van der Waals surface area contributed by atoms with Crippen LogP contribution in [0.1, 0.15) is 5.56 Å². The van der Waals surface area contributed by atoms with Crippen molar-refractivity contribution < 1.29 is 23.9 Å². The van der Waals surface area contributed by atoms with Gasteiger partial charge < -0.3 is 14.4 Å². The van der Waals surface area contributed by atoms with Crippen LogP contribution in [0.2, 0.25) is 0 Å². The van der Waals surface area contributed by atoms with Crippen LogP contribution in [0.3, 0.4) is 0 Å². The molecule has 3 amide bonds. The molecule has 8 heteroatoms. The number of ether oxygens (including phenoxy) is 2. The van der Waals surface area contributed by atoms with Crippen LogP contribution in [-0.2, 0) is 14.3 Å². The Hall–Kier alpha value is -2.76. The van der Waals surface area contributed by atoms with Gasteiger partial charge in [-0.25, -0.2) is 0 Å². The summed E-state index contributed by atoms with van der Waals surface area (Å²) < 4.78 is 10.5. The van der Waals surface area contributed by atoms with E-state index in [-0.39, 0.29) is 24.0 Å². The summed E-state index contributed by atoms with van der Waals surface area (Å²) in [5.41, 5.74) is 0.744. The monoisotopic (exact) mass is 386 g/mol. The summed E-state index contributed by atoms with van der Waals surface area (Å²) in [6.07, 6.45) is 6.76. The van der Waals surface area contributed by atoms with E-state index >= 15 is 0 Å². The van der Waals surface area contributed by atoms with Gasteiger partial charge in [0.2, 0.25) is 5.91 Å². The number of terminal acetylenes is 1. The van der Waals surface area contributed by atoms with Crippen molar-refractivity contribution in [1.29, 1.82) is 0 Å². The van der Waals surface area contributed by atoms with E-state index in [1.54, 1.807) is 35.2 Å².